The van der Waals surface area contributed by atoms with E-state index < -0.39 is 11.6 Å². The average Bonchev–Trinajstić information content (AvgIpc) is 2.36. The molecule has 1 aromatic carbocycles. The molecular formula is C13H7ClF2N2. The van der Waals surface area contributed by atoms with E-state index in [0.717, 1.165) is 6.07 Å². The van der Waals surface area contributed by atoms with Crippen LogP contribution in [0.25, 0.3) is 11.1 Å². The largest absolute Gasteiger partial charge is 0.244 e. The van der Waals surface area contributed by atoms with Crippen LogP contribution in [0.5, 0.6) is 0 Å². The molecule has 0 unspecified atom stereocenters. The number of pyridine rings is 1. The molecule has 0 aliphatic carbocycles. The molecule has 0 atom stereocenters. The molecule has 0 saturated carbocycles. The van der Waals surface area contributed by atoms with E-state index in [-0.39, 0.29) is 22.7 Å². The Bertz CT molecular complexity index is 635. The normalized spacial score (nSPS) is 10.1. The van der Waals surface area contributed by atoms with Crippen molar-refractivity contribution >= 4 is 11.6 Å². The van der Waals surface area contributed by atoms with E-state index in [9.17, 15) is 8.78 Å². The fourth-order valence-electron chi connectivity index (χ4n) is 1.58. The van der Waals surface area contributed by atoms with Gasteiger partial charge in [-0.15, -0.1) is 0 Å². The summed E-state index contributed by atoms with van der Waals surface area (Å²) in [6, 6.07) is 7.33. The molecule has 0 aliphatic rings. The molecule has 0 fully saturated rings. The fraction of sp³-hybridized carbons (Fsp3) is 0.0769. The van der Waals surface area contributed by atoms with Crippen molar-refractivity contribution in [3.05, 3.63) is 52.8 Å². The zero-order valence-electron chi connectivity index (χ0n) is 9.12. The first-order valence-electron chi connectivity index (χ1n) is 5.09. The summed E-state index contributed by atoms with van der Waals surface area (Å²) >= 11 is 5.87. The van der Waals surface area contributed by atoms with Gasteiger partial charge in [-0.05, 0) is 17.7 Å². The first-order chi connectivity index (χ1) is 8.63. The standard InChI is InChI=1S/C13H7ClF2N2/c14-13-10(6-8(4-5-17)7-18-13)9-2-1-3-11(15)12(9)16/h1-3,6-7H,4H2. The van der Waals surface area contributed by atoms with Crippen molar-refractivity contribution in [2.45, 2.75) is 6.42 Å². The molecular weight excluding hydrogens is 258 g/mol. The maximum atomic E-state index is 13.7. The first-order valence-corrected chi connectivity index (χ1v) is 5.47. The zero-order chi connectivity index (χ0) is 13.1. The van der Waals surface area contributed by atoms with Gasteiger partial charge < -0.3 is 0 Å². The Morgan fingerprint density at radius 3 is 2.78 bits per heavy atom. The third-order valence-corrected chi connectivity index (χ3v) is 2.72. The first kappa shape index (κ1) is 12.5. The lowest BCUT2D eigenvalue weighted by Crippen LogP contribution is -1.93. The highest BCUT2D eigenvalue weighted by atomic mass is 35.5. The van der Waals surface area contributed by atoms with Crippen molar-refractivity contribution in [2.24, 2.45) is 0 Å². The van der Waals surface area contributed by atoms with Crippen LogP contribution in [0.15, 0.2) is 30.5 Å². The molecule has 2 rings (SSSR count). The molecule has 2 aromatic rings. The summed E-state index contributed by atoms with van der Waals surface area (Å²) in [6.07, 6.45) is 1.57. The lowest BCUT2D eigenvalue weighted by molar-refractivity contribution is 0.511. The highest BCUT2D eigenvalue weighted by Gasteiger charge is 2.13. The van der Waals surface area contributed by atoms with E-state index in [1.165, 1.54) is 24.4 Å². The lowest BCUT2D eigenvalue weighted by Gasteiger charge is -2.07. The van der Waals surface area contributed by atoms with Gasteiger partial charge in [0.25, 0.3) is 0 Å². The van der Waals surface area contributed by atoms with Crippen molar-refractivity contribution in [1.29, 1.82) is 5.26 Å². The molecule has 18 heavy (non-hydrogen) atoms. The Kier molecular flexibility index (Phi) is 3.54. The van der Waals surface area contributed by atoms with Crippen LogP contribution in [0.2, 0.25) is 5.15 Å². The topological polar surface area (TPSA) is 36.7 Å². The third kappa shape index (κ3) is 2.31. The summed E-state index contributed by atoms with van der Waals surface area (Å²) in [5, 5.41) is 8.67. The van der Waals surface area contributed by atoms with Gasteiger partial charge in [0, 0.05) is 17.3 Å². The molecule has 1 aromatic heterocycles. The summed E-state index contributed by atoms with van der Waals surface area (Å²) in [6.45, 7) is 0. The van der Waals surface area contributed by atoms with E-state index in [1.54, 1.807) is 0 Å². The van der Waals surface area contributed by atoms with Crippen LogP contribution in [0.4, 0.5) is 8.78 Å². The SMILES string of the molecule is N#CCc1cnc(Cl)c(-c2cccc(F)c2F)c1. The van der Waals surface area contributed by atoms with Gasteiger partial charge in [-0.2, -0.15) is 5.26 Å². The Morgan fingerprint density at radius 2 is 2.06 bits per heavy atom. The van der Waals surface area contributed by atoms with Crippen molar-refractivity contribution in [3.8, 4) is 17.2 Å². The van der Waals surface area contributed by atoms with Crippen molar-refractivity contribution in [2.75, 3.05) is 0 Å². The Morgan fingerprint density at radius 1 is 1.28 bits per heavy atom. The predicted molar refractivity (Wildman–Crippen MR) is 63.9 cm³/mol. The van der Waals surface area contributed by atoms with Gasteiger partial charge in [-0.3, -0.25) is 0 Å². The maximum absolute atomic E-state index is 13.7. The molecule has 5 heteroatoms. The van der Waals surface area contributed by atoms with Gasteiger partial charge in [-0.25, -0.2) is 13.8 Å². The van der Waals surface area contributed by atoms with Crippen LogP contribution in [0, 0.1) is 23.0 Å². The minimum atomic E-state index is -0.977. The van der Waals surface area contributed by atoms with Gasteiger partial charge in [0.2, 0.25) is 0 Å². The number of hydrogen-bond donors (Lipinski definition) is 0. The van der Waals surface area contributed by atoms with E-state index in [4.69, 9.17) is 16.9 Å². The third-order valence-electron chi connectivity index (χ3n) is 2.42. The molecule has 0 bridgehead atoms. The monoisotopic (exact) mass is 264 g/mol. The quantitative estimate of drug-likeness (QED) is 0.775. The van der Waals surface area contributed by atoms with E-state index >= 15 is 0 Å². The second-order valence-electron chi connectivity index (χ2n) is 3.62. The van der Waals surface area contributed by atoms with Crippen LogP contribution in [-0.4, -0.2) is 4.98 Å². The summed E-state index contributed by atoms with van der Waals surface area (Å²) < 4.78 is 26.8. The number of halogens is 3. The molecule has 0 aliphatic heterocycles. The van der Waals surface area contributed by atoms with Crippen LogP contribution < -0.4 is 0 Å². The zero-order valence-corrected chi connectivity index (χ0v) is 9.88. The van der Waals surface area contributed by atoms with Crippen molar-refractivity contribution < 1.29 is 8.78 Å². The highest BCUT2D eigenvalue weighted by Crippen LogP contribution is 2.30. The molecule has 0 radical (unpaired) electrons. The Labute approximate surface area is 107 Å². The van der Waals surface area contributed by atoms with Crippen LogP contribution >= 0.6 is 11.6 Å². The molecule has 2 nitrogen and oxygen atoms in total. The number of aromatic nitrogens is 1. The second kappa shape index (κ2) is 5.11. The smallest absolute Gasteiger partial charge is 0.166 e. The summed E-state index contributed by atoms with van der Waals surface area (Å²) in [4.78, 5) is 3.87. The summed E-state index contributed by atoms with van der Waals surface area (Å²) in [5.41, 5.74) is 0.911. The molecule has 90 valence electrons. The van der Waals surface area contributed by atoms with Gasteiger partial charge in [-0.1, -0.05) is 23.7 Å². The molecule has 1 heterocycles. The summed E-state index contributed by atoms with van der Waals surface area (Å²) in [5.74, 6) is -1.93. The number of hydrogen-bond acceptors (Lipinski definition) is 2. The van der Waals surface area contributed by atoms with Crippen LogP contribution in [-0.2, 0) is 6.42 Å². The van der Waals surface area contributed by atoms with Gasteiger partial charge >= 0.3 is 0 Å². The number of nitrogens with zero attached hydrogens (tertiary/aromatic N) is 2. The van der Waals surface area contributed by atoms with Crippen molar-refractivity contribution in [1.82, 2.24) is 4.98 Å². The number of benzene rings is 1. The van der Waals surface area contributed by atoms with Gasteiger partial charge in [0.15, 0.2) is 11.6 Å². The van der Waals surface area contributed by atoms with Gasteiger partial charge in [0.05, 0.1) is 12.5 Å². The van der Waals surface area contributed by atoms with Crippen LogP contribution in [0.1, 0.15) is 5.56 Å². The molecule has 0 saturated heterocycles. The van der Waals surface area contributed by atoms with E-state index in [0.29, 0.717) is 5.56 Å². The minimum Gasteiger partial charge on any atom is -0.244 e. The Hall–Kier alpha value is -1.99. The minimum absolute atomic E-state index is 0.0345. The Balaban J connectivity index is 2.60. The molecule has 0 amide bonds. The molecule has 0 spiro atoms. The van der Waals surface area contributed by atoms with Crippen molar-refractivity contribution in [3.63, 3.8) is 0 Å². The number of rotatable bonds is 2. The maximum Gasteiger partial charge on any atom is 0.166 e. The van der Waals surface area contributed by atoms with E-state index in [1.807, 2.05) is 6.07 Å². The number of nitriles is 1. The van der Waals surface area contributed by atoms with Gasteiger partial charge in [0.1, 0.15) is 5.15 Å². The van der Waals surface area contributed by atoms with E-state index in [2.05, 4.69) is 4.98 Å². The summed E-state index contributed by atoms with van der Waals surface area (Å²) in [7, 11) is 0. The van der Waals surface area contributed by atoms with Crippen LogP contribution in [0.3, 0.4) is 0 Å². The fourth-order valence-corrected chi connectivity index (χ4v) is 1.79. The predicted octanol–water partition coefficient (Wildman–Crippen LogP) is 3.75. The lowest BCUT2D eigenvalue weighted by atomic mass is 10.0. The highest BCUT2D eigenvalue weighted by molar-refractivity contribution is 6.32. The average molecular weight is 265 g/mol. The second-order valence-corrected chi connectivity index (χ2v) is 3.98. The molecule has 0 N–H and O–H groups in total.